The maximum atomic E-state index is 12.2. The van der Waals surface area contributed by atoms with E-state index in [2.05, 4.69) is 27.2 Å². The molecular weight excluding hydrogens is 462 g/mol. The normalized spacial score (nSPS) is 15.4. The number of rotatable bonds is 8. The molecule has 3 rings (SSSR count). The molecule has 8 nitrogen and oxygen atoms in total. The van der Waals surface area contributed by atoms with Crippen LogP contribution in [0.2, 0.25) is 0 Å². The molecule has 1 aliphatic heterocycles. The van der Waals surface area contributed by atoms with E-state index in [9.17, 15) is 4.79 Å². The van der Waals surface area contributed by atoms with Gasteiger partial charge in [0.05, 0.1) is 6.21 Å². The van der Waals surface area contributed by atoms with E-state index in [1.807, 2.05) is 63.2 Å². The molecule has 35 heavy (non-hydrogen) atoms. The quantitative estimate of drug-likeness (QED) is 0.334. The molecule has 0 unspecified atom stereocenters. The molecule has 2 aromatic carbocycles. The highest BCUT2D eigenvalue weighted by molar-refractivity contribution is 8.13. The van der Waals surface area contributed by atoms with Crippen LogP contribution in [0.15, 0.2) is 64.8 Å². The molecule has 9 heteroatoms. The van der Waals surface area contributed by atoms with Gasteiger partial charge < -0.3 is 20.1 Å². The van der Waals surface area contributed by atoms with Gasteiger partial charge in [0.1, 0.15) is 18.0 Å². The summed E-state index contributed by atoms with van der Waals surface area (Å²) in [5.74, 6) is 1.56. The maximum Gasteiger partial charge on any atom is 0.410 e. The van der Waals surface area contributed by atoms with Gasteiger partial charge in [-0.25, -0.2) is 4.79 Å². The van der Waals surface area contributed by atoms with E-state index in [1.165, 1.54) is 17.3 Å². The molecule has 1 amide bonds. The average molecular weight is 498 g/mol. The highest BCUT2D eigenvalue weighted by atomic mass is 32.2. The number of hydrogen-bond donors (Lipinski definition) is 1. The van der Waals surface area contributed by atoms with Crippen LogP contribution in [0, 0.1) is 0 Å². The van der Waals surface area contributed by atoms with Crippen molar-refractivity contribution in [2.75, 3.05) is 39.3 Å². The number of hydrogen-bond acceptors (Lipinski definition) is 7. The largest absolute Gasteiger partial charge is 0.492 e. The first kappa shape index (κ1) is 26.6. The molecule has 0 aromatic heterocycles. The van der Waals surface area contributed by atoms with Crippen LogP contribution in [0.25, 0.3) is 0 Å². The molecule has 1 fully saturated rings. The van der Waals surface area contributed by atoms with Crippen molar-refractivity contribution < 1.29 is 14.3 Å². The molecular formula is C26H35N5O3S. The zero-order chi connectivity index (χ0) is 25.1. The van der Waals surface area contributed by atoms with Crippen molar-refractivity contribution >= 4 is 29.2 Å². The maximum absolute atomic E-state index is 12.2. The lowest BCUT2D eigenvalue weighted by molar-refractivity contribution is 0.0137. The molecule has 1 heterocycles. The van der Waals surface area contributed by atoms with E-state index in [1.54, 1.807) is 11.1 Å². The van der Waals surface area contributed by atoms with Gasteiger partial charge in [-0.3, -0.25) is 4.90 Å². The SMILES string of the molecule is CC(C)(C)OC(=O)N1CCN(CCOc2ccc(C=NN=C(N)SCc3ccccc3)cc2)CC1. The van der Waals surface area contributed by atoms with Crippen molar-refractivity contribution in [3.63, 3.8) is 0 Å². The Hall–Kier alpha value is -3.04. The van der Waals surface area contributed by atoms with Gasteiger partial charge in [-0.15, -0.1) is 5.10 Å². The molecule has 1 aliphatic rings. The lowest BCUT2D eigenvalue weighted by Crippen LogP contribution is -2.50. The molecule has 0 atom stereocenters. The summed E-state index contributed by atoms with van der Waals surface area (Å²) < 4.78 is 11.3. The van der Waals surface area contributed by atoms with Gasteiger partial charge in [0, 0.05) is 38.5 Å². The van der Waals surface area contributed by atoms with Gasteiger partial charge >= 0.3 is 6.09 Å². The Morgan fingerprint density at radius 2 is 1.74 bits per heavy atom. The second-order valence-electron chi connectivity index (χ2n) is 9.18. The molecule has 1 saturated heterocycles. The van der Waals surface area contributed by atoms with E-state index >= 15 is 0 Å². The Morgan fingerprint density at radius 1 is 1.06 bits per heavy atom. The van der Waals surface area contributed by atoms with Crippen LogP contribution in [0.4, 0.5) is 4.79 Å². The van der Waals surface area contributed by atoms with Gasteiger partial charge in [-0.2, -0.15) is 5.10 Å². The van der Waals surface area contributed by atoms with Crippen LogP contribution in [-0.2, 0) is 10.5 Å². The van der Waals surface area contributed by atoms with Crippen molar-refractivity contribution in [3.05, 3.63) is 65.7 Å². The summed E-state index contributed by atoms with van der Waals surface area (Å²) in [5, 5.41) is 8.55. The van der Waals surface area contributed by atoms with E-state index in [0.717, 1.165) is 36.7 Å². The fourth-order valence-electron chi connectivity index (χ4n) is 3.34. The Kier molecular flexibility index (Phi) is 9.98. The lowest BCUT2D eigenvalue weighted by Gasteiger charge is -2.35. The molecule has 2 N–H and O–H groups in total. The number of nitrogens with two attached hydrogens (primary N) is 1. The second-order valence-corrected chi connectivity index (χ2v) is 10.2. The van der Waals surface area contributed by atoms with Crippen LogP contribution in [-0.4, -0.2) is 72.2 Å². The third-order valence-corrected chi connectivity index (χ3v) is 6.03. The number of carbonyl (C=O) groups is 1. The number of carbonyl (C=O) groups excluding carboxylic acids is 1. The van der Waals surface area contributed by atoms with E-state index in [4.69, 9.17) is 15.2 Å². The van der Waals surface area contributed by atoms with Crippen LogP contribution in [0.1, 0.15) is 31.9 Å². The number of amides is 1. The predicted octanol–water partition coefficient (Wildman–Crippen LogP) is 4.20. The van der Waals surface area contributed by atoms with Crippen molar-refractivity contribution in [3.8, 4) is 5.75 Å². The third-order valence-electron chi connectivity index (χ3n) is 5.17. The van der Waals surface area contributed by atoms with Crippen molar-refractivity contribution in [1.82, 2.24) is 9.80 Å². The minimum Gasteiger partial charge on any atom is -0.492 e. The highest BCUT2D eigenvalue weighted by Crippen LogP contribution is 2.14. The smallest absolute Gasteiger partial charge is 0.410 e. The minimum absolute atomic E-state index is 0.239. The molecule has 0 spiro atoms. The predicted molar refractivity (Wildman–Crippen MR) is 143 cm³/mol. The number of nitrogens with zero attached hydrogens (tertiary/aromatic N) is 4. The van der Waals surface area contributed by atoms with Crippen LogP contribution < -0.4 is 10.5 Å². The standard InChI is InChI=1S/C26H35N5O3S/c1-26(2,3)34-25(32)31-15-13-30(14-16-31)17-18-33-23-11-9-21(10-12-23)19-28-29-24(27)35-20-22-7-5-4-6-8-22/h4-12,19H,13-18,20H2,1-3H3,(H2,27,29). The topological polar surface area (TPSA) is 92.8 Å². The van der Waals surface area contributed by atoms with Gasteiger partial charge in [-0.05, 0) is 56.2 Å². The van der Waals surface area contributed by atoms with E-state index < -0.39 is 5.60 Å². The molecule has 0 radical (unpaired) electrons. The zero-order valence-electron chi connectivity index (χ0n) is 20.7. The summed E-state index contributed by atoms with van der Waals surface area (Å²) in [5.41, 5.74) is 7.57. The van der Waals surface area contributed by atoms with Crippen molar-refractivity contribution in [1.29, 1.82) is 0 Å². The second kappa shape index (κ2) is 13.2. The average Bonchev–Trinajstić information content (AvgIpc) is 2.84. The molecule has 0 aliphatic carbocycles. The van der Waals surface area contributed by atoms with Gasteiger partial charge in [0.25, 0.3) is 0 Å². The number of amidine groups is 1. The van der Waals surface area contributed by atoms with E-state index in [0.29, 0.717) is 24.9 Å². The number of ether oxygens (including phenoxy) is 2. The summed E-state index contributed by atoms with van der Waals surface area (Å²) in [4.78, 5) is 16.2. The summed E-state index contributed by atoms with van der Waals surface area (Å²) in [6, 6.07) is 17.8. The fraction of sp³-hybridized carbons (Fsp3) is 0.423. The molecule has 0 saturated carbocycles. The minimum atomic E-state index is -0.467. The summed E-state index contributed by atoms with van der Waals surface area (Å²) in [6.45, 7) is 10.00. The van der Waals surface area contributed by atoms with Gasteiger partial charge in [0.15, 0.2) is 5.17 Å². The summed E-state index contributed by atoms with van der Waals surface area (Å²) >= 11 is 1.46. The summed E-state index contributed by atoms with van der Waals surface area (Å²) in [7, 11) is 0. The first-order valence-electron chi connectivity index (χ1n) is 11.7. The van der Waals surface area contributed by atoms with Crippen molar-refractivity contribution in [2.45, 2.75) is 32.1 Å². The zero-order valence-corrected chi connectivity index (χ0v) is 21.5. The van der Waals surface area contributed by atoms with Gasteiger partial charge in [0.2, 0.25) is 0 Å². The monoisotopic (exact) mass is 497 g/mol. The number of thioether (sulfide) groups is 1. The van der Waals surface area contributed by atoms with Crippen LogP contribution in [0.5, 0.6) is 5.75 Å². The Labute approximate surface area is 212 Å². The first-order chi connectivity index (χ1) is 16.8. The Balaban J connectivity index is 1.33. The van der Waals surface area contributed by atoms with Crippen molar-refractivity contribution in [2.24, 2.45) is 15.9 Å². The Morgan fingerprint density at radius 3 is 2.40 bits per heavy atom. The third kappa shape index (κ3) is 10.00. The molecule has 188 valence electrons. The lowest BCUT2D eigenvalue weighted by atomic mass is 10.2. The molecule has 0 bridgehead atoms. The van der Waals surface area contributed by atoms with Crippen LogP contribution in [0.3, 0.4) is 0 Å². The summed E-state index contributed by atoms with van der Waals surface area (Å²) in [6.07, 6.45) is 1.43. The molecule has 2 aromatic rings. The van der Waals surface area contributed by atoms with E-state index in [-0.39, 0.29) is 6.09 Å². The fourth-order valence-corrected chi connectivity index (χ4v) is 3.95. The van der Waals surface area contributed by atoms with Gasteiger partial charge in [-0.1, -0.05) is 42.1 Å². The Bertz CT molecular complexity index is 982. The van der Waals surface area contributed by atoms with Crippen LogP contribution >= 0.6 is 11.8 Å². The highest BCUT2D eigenvalue weighted by Gasteiger charge is 2.25. The first-order valence-corrected chi connectivity index (χ1v) is 12.7. The number of piperazine rings is 1. The number of benzene rings is 2.